The SMILES string of the molecule is COc1cc(/C=N\NC(=O)c2ccc(-c3csc(Nc4ccc(Cl)cc4)n3)cc2)cc(I)c1OCc1cccc(Cl)c1. The Labute approximate surface area is 270 Å². The average molecular weight is 729 g/mol. The average Bonchev–Trinajstić information content (AvgIpc) is 3.46. The van der Waals surface area contributed by atoms with Gasteiger partial charge < -0.3 is 14.8 Å². The number of halogens is 3. The van der Waals surface area contributed by atoms with E-state index < -0.39 is 0 Å². The highest BCUT2D eigenvalue weighted by molar-refractivity contribution is 14.1. The minimum atomic E-state index is -0.329. The number of hydrazone groups is 1. The Bertz CT molecular complexity index is 1730. The van der Waals surface area contributed by atoms with E-state index in [-0.39, 0.29) is 5.91 Å². The number of methoxy groups -OCH3 is 1. The standard InChI is InChI=1S/C31H23Cl2IN4O3S/c1-40-28-15-20(14-26(34)29(28)41-17-19-3-2-4-24(33)13-19)16-35-38-30(39)22-7-5-21(6-8-22)27-18-42-31(37-27)36-25-11-9-23(32)10-12-25/h2-16,18H,17H2,1H3,(H,36,37)(H,38,39)/b35-16-. The summed E-state index contributed by atoms with van der Waals surface area (Å²) in [6.45, 7) is 0.346. The van der Waals surface area contributed by atoms with Crippen LogP contribution in [0.4, 0.5) is 10.8 Å². The Hall–Kier alpha value is -3.64. The molecule has 5 rings (SSSR count). The molecule has 212 valence electrons. The van der Waals surface area contributed by atoms with Gasteiger partial charge in [0.25, 0.3) is 5.91 Å². The Balaban J connectivity index is 1.18. The molecule has 4 aromatic carbocycles. The van der Waals surface area contributed by atoms with Crippen LogP contribution in [-0.2, 0) is 6.61 Å². The number of benzene rings is 4. The Morgan fingerprint density at radius 1 is 1.02 bits per heavy atom. The summed E-state index contributed by atoms with van der Waals surface area (Å²) in [6.07, 6.45) is 1.56. The second-order valence-electron chi connectivity index (χ2n) is 8.90. The number of amides is 1. The molecule has 0 fully saturated rings. The van der Waals surface area contributed by atoms with Crippen LogP contribution < -0.4 is 20.2 Å². The van der Waals surface area contributed by atoms with Gasteiger partial charge in [-0.15, -0.1) is 11.3 Å². The van der Waals surface area contributed by atoms with E-state index in [0.29, 0.717) is 33.7 Å². The third kappa shape index (κ3) is 7.80. The fourth-order valence-electron chi connectivity index (χ4n) is 3.88. The van der Waals surface area contributed by atoms with Crippen molar-refractivity contribution in [2.24, 2.45) is 5.10 Å². The highest BCUT2D eigenvalue weighted by atomic mass is 127. The summed E-state index contributed by atoms with van der Waals surface area (Å²) in [5.74, 6) is 0.845. The molecule has 1 amide bonds. The van der Waals surface area contributed by atoms with E-state index >= 15 is 0 Å². The first-order chi connectivity index (χ1) is 20.4. The van der Waals surface area contributed by atoms with Crippen LogP contribution in [0.5, 0.6) is 11.5 Å². The van der Waals surface area contributed by atoms with E-state index in [1.807, 2.05) is 72.1 Å². The number of hydrogen-bond acceptors (Lipinski definition) is 7. The molecule has 1 aromatic heterocycles. The Morgan fingerprint density at radius 3 is 2.55 bits per heavy atom. The van der Waals surface area contributed by atoms with Crippen LogP contribution >= 0.6 is 57.1 Å². The first-order valence-electron chi connectivity index (χ1n) is 12.5. The number of carbonyl (C=O) groups is 1. The first-order valence-corrected chi connectivity index (χ1v) is 15.3. The molecule has 0 aliphatic heterocycles. The smallest absolute Gasteiger partial charge is 0.271 e. The van der Waals surface area contributed by atoms with Crippen LogP contribution in [0.15, 0.2) is 95.4 Å². The van der Waals surface area contributed by atoms with Crippen LogP contribution in [-0.4, -0.2) is 24.2 Å². The lowest BCUT2D eigenvalue weighted by atomic mass is 10.1. The van der Waals surface area contributed by atoms with Crippen LogP contribution in [0.25, 0.3) is 11.3 Å². The predicted octanol–water partition coefficient (Wildman–Crippen LogP) is 8.82. The van der Waals surface area contributed by atoms with Gasteiger partial charge in [-0.25, -0.2) is 10.4 Å². The molecule has 11 heteroatoms. The van der Waals surface area contributed by atoms with E-state index in [0.717, 1.165) is 36.8 Å². The van der Waals surface area contributed by atoms with Gasteiger partial charge in [-0.2, -0.15) is 5.10 Å². The van der Waals surface area contributed by atoms with E-state index in [4.69, 9.17) is 32.7 Å². The number of aromatic nitrogens is 1. The minimum absolute atomic E-state index is 0.329. The summed E-state index contributed by atoms with van der Waals surface area (Å²) in [6, 6.07) is 25.8. The maximum atomic E-state index is 12.7. The normalized spacial score (nSPS) is 11.0. The fraction of sp³-hybridized carbons (Fsp3) is 0.0645. The summed E-state index contributed by atoms with van der Waals surface area (Å²) in [5, 5.41) is 11.4. The number of ether oxygens (including phenoxy) is 2. The van der Waals surface area contributed by atoms with Gasteiger partial charge in [0, 0.05) is 32.2 Å². The number of nitrogens with zero attached hydrogens (tertiary/aromatic N) is 2. The first kappa shape index (κ1) is 29.8. The molecule has 7 nitrogen and oxygen atoms in total. The third-order valence-electron chi connectivity index (χ3n) is 5.95. The van der Waals surface area contributed by atoms with Crippen LogP contribution in [0.3, 0.4) is 0 Å². The molecule has 0 bridgehead atoms. The molecule has 0 saturated carbocycles. The van der Waals surface area contributed by atoms with Gasteiger partial charge in [-0.1, -0.05) is 47.5 Å². The van der Waals surface area contributed by atoms with Crippen molar-refractivity contribution in [3.8, 4) is 22.8 Å². The quantitative estimate of drug-likeness (QED) is 0.0853. The van der Waals surface area contributed by atoms with Crippen molar-refractivity contribution in [1.82, 2.24) is 10.4 Å². The second kappa shape index (κ2) is 14.0. The van der Waals surface area contributed by atoms with Gasteiger partial charge in [0.05, 0.1) is 22.6 Å². The molecule has 0 aliphatic carbocycles. The molecular weight excluding hydrogens is 706 g/mol. The van der Waals surface area contributed by atoms with E-state index in [9.17, 15) is 4.79 Å². The third-order valence-corrected chi connectivity index (χ3v) is 7.99. The highest BCUT2D eigenvalue weighted by Gasteiger charge is 2.12. The van der Waals surface area contributed by atoms with Gasteiger partial charge in [-0.05, 0) is 94.4 Å². The molecule has 5 aromatic rings. The van der Waals surface area contributed by atoms with Crippen molar-refractivity contribution in [1.29, 1.82) is 0 Å². The van der Waals surface area contributed by atoms with Crippen molar-refractivity contribution >= 4 is 80.1 Å². The number of nitrogens with one attached hydrogen (secondary N) is 2. The molecule has 0 atom stereocenters. The zero-order valence-electron chi connectivity index (χ0n) is 22.1. The van der Waals surface area contributed by atoms with Gasteiger partial charge in [0.15, 0.2) is 16.6 Å². The van der Waals surface area contributed by atoms with E-state index in [2.05, 4.69) is 43.4 Å². The zero-order valence-corrected chi connectivity index (χ0v) is 26.6. The van der Waals surface area contributed by atoms with Crippen molar-refractivity contribution in [2.75, 3.05) is 12.4 Å². The molecule has 0 spiro atoms. The zero-order chi connectivity index (χ0) is 29.5. The highest BCUT2D eigenvalue weighted by Crippen LogP contribution is 2.34. The summed E-state index contributed by atoms with van der Waals surface area (Å²) in [7, 11) is 1.58. The number of thiazole rings is 1. The van der Waals surface area contributed by atoms with Crippen LogP contribution in [0.1, 0.15) is 21.5 Å². The van der Waals surface area contributed by atoms with Crippen molar-refractivity contribution < 1.29 is 14.3 Å². The van der Waals surface area contributed by atoms with Crippen molar-refractivity contribution in [2.45, 2.75) is 6.61 Å². The molecule has 0 radical (unpaired) electrons. The number of carbonyl (C=O) groups excluding carboxylic acids is 1. The van der Waals surface area contributed by atoms with Gasteiger partial charge in [0.1, 0.15) is 6.61 Å². The number of hydrogen-bond donors (Lipinski definition) is 2. The summed E-state index contributed by atoms with van der Waals surface area (Å²) in [4.78, 5) is 17.3. The monoisotopic (exact) mass is 728 g/mol. The molecule has 0 saturated heterocycles. The number of anilines is 2. The topological polar surface area (TPSA) is 84.8 Å². The lowest BCUT2D eigenvalue weighted by Crippen LogP contribution is -2.17. The second-order valence-corrected chi connectivity index (χ2v) is 11.8. The molecule has 0 aliphatic rings. The molecule has 42 heavy (non-hydrogen) atoms. The lowest BCUT2D eigenvalue weighted by molar-refractivity contribution is 0.0955. The van der Waals surface area contributed by atoms with Crippen LogP contribution in [0, 0.1) is 3.57 Å². The van der Waals surface area contributed by atoms with Gasteiger partial charge in [0.2, 0.25) is 0 Å². The number of rotatable bonds is 10. The van der Waals surface area contributed by atoms with Crippen LogP contribution in [0.2, 0.25) is 10.0 Å². The van der Waals surface area contributed by atoms with Gasteiger partial charge >= 0.3 is 0 Å². The van der Waals surface area contributed by atoms with E-state index in [1.54, 1.807) is 31.5 Å². The molecular formula is C31H23Cl2IN4O3S. The molecule has 1 heterocycles. The van der Waals surface area contributed by atoms with E-state index in [1.165, 1.54) is 11.3 Å². The lowest BCUT2D eigenvalue weighted by Gasteiger charge is -2.13. The molecule has 0 unspecified atom stereocenters. The predicted molar refractivity (Wildman–Crippen MR) is 179 cm³/mol. The Kier molecular flexibility index (Phi) is 9.96. The summed E-state index contributed by atoms with van der Waals surface area (Å²) >= 11 is 15.7. The summed E-state index contributed by atoms with van der Waals surface area (Å²) in [5.41, 5.74) is 7.35. The summed E-state index contributed by atoms with van der Waals surface area (Å²) < 4.78 is 12.4. The molecule has 2 N–H and O–H groups in total. The maximum Gasteiger partial charge on any atom is 0.271 e. The Morgan fingerprint density at radius 2 is 1.81 bits per heavy atom. The van der Waals surface area contributed by atoms with Gasteiger partial charge in [-0.3, -0.25) is 4.79 Å². The van der Waals surface area contributed by atoms with Crippen molar-refractivity contribution in [3.63, 3.8) is 0 Å². The fourth-order valence-corrected chi connectivity index (χ4v) is 5.74. The largest absolute Gasteiger partial charge is 0.493 e. The minimum Gasteiger partial charge on any atom is -0.493 e. The maximum absolute atomic E-state index is 12.7. The van der Waals surface area contributed by atoms with Crippen molar-refractivity contribution in [3.05, 3.63) is 121 Å².